The third-order valence-corrected chi connectivity index (χ3v) is 4.85. The largest absolute Gasteiger partial charge is 0.462 e. The van der Waals surface area contributed by atoms with Crippen molar-refractivity contribution < 1.29 is 22.7 Å². The zero-order chi connectivity index (χ0) is 15.5. The van der Waals surface area contributed by atoms with E-state index in [0.717, 1.165) is 12.8 Å². The third kappa shape index (κ3) is 4.43. The molecule has 1 aliphatic heterocycles. The van der Waals surface area contributed by atoms with Gasteiger partial charge in [0.1, 0.15) is 0 Å². The van der Waals surface area contributed by atoms with Crippen LogP contribution in [0.2, 0.25) is 0 Å². The van der Waals surface area contributed by atoms with Crippen LogP contribution in [0.15, 0.2) is 23.1 Å². The highest BCUT2D eigenvalue weighted by Crippen LogP contribution is 2.21. The summed E-state index contributed by atoms with van der Waals surface area (Å²) >= 11 is 0. The molecule has 116 valence electrons. The normalized spacial score (nSPS) is 16.7. The molecular formula is C14H17ClO5S. The molecular weight excluding hydrogens is 316 g/mol. The van der Waals surface area contributed by atoms with Gasteiger partial charge in [0, 0.05) is 23.9 Å². The molecule has 0 amide bonds. The van der Waals surface area contributed by atoms with Crippen LogP contribution in [0.4, 0.5) is 0 Å². The number of carbonyl (C=O) groups excluding carboxylic acids is 1. The fraction of sp³-hybridized carbons (Fsp3) is 0.500. The maximum Gasteiger partial charge on any atom is 0.338 e. The van der Waals surface area contributed by atoms with Crippen molar-refractivity contribution in [3.05, 3.63) is 29.3 Å². The van der Waals surface area contributed by atoms with E-state index in [0.29, 0.717) is 31.3 Å². The summed E-state index contributed by atoms with van der Waals surface area (Å²) in [5.74, 6) is -0.232. The molecule has 0 bridgehead atoms. The SMILES string of the molecule is Cc1ccc(S(=O)(=O)Cl)cc1C(=O)OCC1CCOCC1. The minimum Gasteiger partial charge on any atom is -0.462 e. The summed E-state index contributed by atoms with van der Waals surface area (Å²) in [6, 6.07) is 4.16. The first kappa shape index (κ1) is 16.3. The van der Waals surface area contributed by atoms with Crippen molar-refractivity contribution in [3.63, 3.8) is 0 Å². The summed E-state index contributed by atoms with van der Waals surface area (Å²) in [6.45, 7) is 3.40. The average molecular weight is 333 g/mol. The van der Waals surface area contributed by atoms with Crippen molar-refractivity contribution in [1.29, 1.82) is 0 Å². The van der Waals surface area contributed by atoms with Crippen LogP contribution in [0.5, 0.6) is 0 Å². The third-order valence-electron chi connectivity index (χ3n) is 3.50. The number of halogens is 1. The number of benzene rings is 1. The Hall–Kier alpha value is -1.11. The van der Waals surface area contributed by atoms with Crippen LogP contribution in [-0.4, -0.2) is 34.2 Å². The topological polar surface area (TPSA) is 69.7 Å². The van der Waals surface area contributed by atoms with Gasteiger partial charge in [0.05, 0.1) is 17.1 Å². The van der Waals surface area contributed by atoms with Crippen molar-refractivity contribution >= 4 is 25.7 Å². The molecule has 1 aromatic rings. The second-order valence-electron chi connectivity index (χ2n) is 5.07. The number of aryl methyl sites for hydroxylation is 1. The van der Waals surface area contributed by atoms with Gasteiger partial charge in [-0.15, -0.1) is 0 Å². The molecule has 0 aromatic heterocycles. The molecule has 1 fully saturated rings. The van der Waals surface area contributed by atoms with Crippen molar-refractivity contribution in [1.82, 2.24) is 0 Å². The highest BCUT2D eigenvalue weighted by atomic mass is 35.7. The number of hydrogen-bond acceptors (Lipinski definition) is 5. The van der Waals surface area contributed by atoms with Crippen LogP contribution in [0, 0.1) is 12.8 Å². The van der Waals surface area contributed by atoms with E-state index >= 15 is 0 Å². The van der Waals surface area contributed by atoms with Crippen LogP contribution < -0.4 is 0 Å². The molecule has 0 aliphatic carbocycles. The van der Waals surface area contributed by atoms with E-state index in [1.54, 1.807) is 13.0 Å². The second-order valence-corrected chi connectivity index (χ2v) is 7.63. The highest BCUT2D eigenvalue weighted by molar-refractivity contribution is 8.13. The number of hydrogen-bond donors (Lipinski definition) is 0. The first-order valence-corrected chi connectivity index (χ1v) is 8.99. The predicted octanol–water partition coefficient (Wildman–Crippen LogP) is 2.51. The van der Waals surface area contributed by atoms with Gasteiger partial charge in [-0.05, 0) is 43.4 Å². The highest BCUT2D eigenvalue weighted by Gasteiger charge is 2.19. The van der Waals surface area contributed by atoms with Crippen LogP contribution in [-0.2, 0) is 18.5 Å². The Morgan fingerprint density at radius 2 is 2.05 bits per heavy atom. The van der Waals surface area contributed by atoms with Crippen molar-refractivity contribution in [3.8, 4) is 0 Å². The Kier molecular flexibility index (Phi) is 5.24. The Balaban J connectivity index is 2.07. The van der Waals surface area contributed by atoms with Crippen molar-refractivity contribution in [2.75, 3.05) is 19.8 Å². The van der Waals surface area contributed by atoms with E-state index in [1.165, 1.54) is 12.1 Å². The van der Waals surface area contributed by atoms with E-state index in [1.807, 2.05) is 0 Å². The Labute approximate surface area is 128 Å². The summed E-state index contributed by atoms with van der Waals surface area (Å²) in [4.78, 5) is 12.0. The predicted molar refractivity (Wildman–Crippen MR) is 78.0 cm³/mol. The minimum absolute atomic E-state index is 0.104. The van der Waals surface area contributed by atoms with Crippen LogP contribution >= 0.6 is 10.7 Å². The Morgan fingerprint density at radius 3 is 2.67 bits per heavy atom. The zero-order valence-corrected chi connectivity index (χ0v) is 13.2. The zero-order valence-electron chi connectivity index (χ0n) is 11.7. The molecule has 0 N–H and O–H groups in total. The molecule has 0 atom stereocenters. The lowest BCUT2D eigenvalue weighted by Crippen LogP contribution is -2.22. The molecule has 2 rings (SSSR count). The lowest BCUT2D eigenvalue weighted by atomic mass is 10.0. The molecule has 0 saturated carbocycles. The summed E-state index contributed by atoms with van der Waals surface area (Å²) in [6.07, 6.45) is 1.73. The quantitative estimate of drug-likeness (QED) is 0.626. The first-order chi connectivity index (χ1) is 9.88. The molecule has 21 heavy (non-hydrogen) atoms. The van der Waals surface area contributed by atoms with Gasteiger partial charge in [0.25, 0.3) is 9.05 Å². The summed E-state index contributed by atoms with van der Waals surface area (Å²) in [5.41, 5.74) is 0.875. The van der Waals surface area contributed by atoms with Gasteiger partial charge < -0.3 is 9.47 Å². The molecule has 1 aliphatic rings. The van der Waals surface area contributed by atoms with Crippen molar-refractivity contribution in [2.24, 2.45) is 5.92 Å². The number of rotatable bonds is 4. The lowest BCUT2D eigenvalue weighted by molar-refractivity contribution is 0.0185. The molecule has 0 unspecified atom stereocenters. The molecule has 5 nitrogen and oxygen atoms in total. The van der Waals surface area contributed by atoms with Crippen molar-refractivity contribution in [2.45, 2.75) is 24.7 Å². The van der Waals surface area contributed by atoms with E-state index < -0.39 is 15.0 Å². The fourth-order valence-corrected chi connectivity index (χ4v) is 2.93. The Morgan fingerprint density at radius 1 is 1.38 bits per heavy atom. The lowest BCUT2D eigenvalue weighted by Gasteiger charge is -2.21. The maximum absolute atomic E-state index is 12.1. The van der Waals surface area contributed by atoms with Gasteiger partial charge in [-0.3, -0.25) is 0 Å². The summed E-state index contributed by atoms with van der Waals surface area (Å²) < 4.78 is 33.2. The molecule has 7 heteroatoms. The van der Waals surface area contributed by atoms with E-state index in [4.69, 9.17) is 20.2 Å². The molecule has 0 radical (unpaired) electrons. The van der Waals surface area contributed by atoms with Crippen LogP contribution in [0.3, 0.4) is 0 Å². The van der Waals surface area contributed by atoms with E-state index in [9.17, 15) is 13.2 Å². The Bertz CT molecular complexity index is 620. The van der Waals surface area contributed by atoms with Gasteiger partial charge in [0.15, 0.2) is 0 Å². The van der Waals surface area contributed by atoms with Gasteiger partial charge in [-0.1, -0.05) is 6.07 Å². The first-order valence-electron chi connectivity index (χ1n) is 6.68. The van der Waals surface area contributed by atoms with E-state index in [-0.39, 0.29) is 10.5 Å². The molecule has 1 saturated heterocycles. The summed E-state index contributed by atoms with van der Waals surface area (Å²) in [5, 5.41) is 0. The molecule has 1 aromatic carbocycles. The van der Waals surface area contributed by atoms with Gasteiger partial charge in [-0.25, -0.2) is 13.2 Å². The average Bonchev–Trinajstić information content (AvgIpc) is 2.45. The number of carbonyl (C=O) groups is 1. The molecule has 0 spiro atoms. The number of esters is 1. The van der Waals surface area contributed by atoms with E-state index in [2.05, 4.69) is 0 Å². The number of ether oxygens (including phenoxy) is 2. The summed E-state index contributed by atoms with van der Waals surface area (Å²) in [7, 11) is 1.43. The maximum atomic E-state index is 12.1. The smallest absolute Gasteiger partial charge is 0.338 e. The van der Waals surface area contributed by atoms with Crippen LogP contribution in [0.1, 0.15) is 28.8 Å². The van der Waals surface area contributed by atoms with Crippen LogP contribution in [0.25, 0.3) is 0 Å². The minimum atomic E-state index is -3.86. The van der Waals surface area contributed by atoms with Gasteiger partial charge >= 0.3 is 5.97 Å². The van der Waals surface area contributed by atoms with Gasteiger partial charge in [0.2, 0.25) is 0 Å². The monoisotopic (exact) mass is 332 g/mol. The standard InChI is InChI=1S/C14H17ClO5S/c1-10-2-3-12(21(15,17)18)8-13(10)14(16)20-9-11-4-6-19-7-5-11/h2-3,8,11H,4-7,9H2,1H3. The van der Waals surface area contributed by atoms with Gasteiger partial charge in [-0.2, -0.15) is 0 Å². The second kappa shape index (κ2) is 6.77. The molecule has 1 heterocycles. The fourth-order valence-electron chi connectivity index (χ4n) is 2.16.